The standard InChI is InChI=1S/C51H90N4O4S2/c1-5-9-13-17-21-25-29-33-40-52-46(56)44(47(57)53(50(52)60)41-34-30-26-22-18-14-10-6-2)38-37-39-45-48(58)54(42-35-31-27-23-19-15-11-7-3)51(61)55(49(45)59)43-36-32-28-24-20-16-12-8-4/h37-39,44,46,56H,5-36,40-43H2,1-4H3/b38-37+/t44-,46+/m0/s1. The molecule has 0 radical (unpaired) electrons. The van der Waals surface area contributed by atoms with E-state index in [0.717, 1.165) is 77.0 Å². The molecule has 0 aromatic carbocycles. The first-order valence-corrected chi connectivity index (χ1v) is 26.4. The maximum Gasteiger partial charge on any atom is 0.265 e. The van der Waals surface area contributed by atoms with Crippen molar-refractivity contribution >= 4 is 52.4 Å². The van der Waals surface area contributed by atoms with Crippen molar-refractivity contribution in [3.63, 3.8) is 0 Å². The number of unbranched alkanes of at least 4 members (excludes halogenated alkanes) is 28. The Balaban J connectivity index is 2.22. The van der Waals surface area contributed by atoms with E-state index in [4.69, 9.17) is 24.4 Å². The molecule has 0 saturated carbocycles. The fourth-order valence-corrected chi connectivity index (χ4v) is 9.35. The van der Waals surface area contributed by atoms with Crippen LogP contribution in [0.1, 0.15) is 233 Å². The maximum absolute atomic E-state index is 14.1. The molecule has 2 aliphatic heterocycles. The lowest BCUT2D eigenvalue weighted by atomic mass is 9.99. The minimum absolute atomic E-state index is 0.0591. The Morgan fingerprint density at radius 1 is 0.443 bits per heavy atom. The predicted octanol–water partition coefficient (Wildman–Crippen LogP) is 13.4. The fourth-order valence-electron chi connectivity index (χ4n) is 8.62. The highest BCUT2D eigenvalue weighted by Crippen LogP contribution is 2.26. The lowest BCUT2D eigenvalue weighted by molar-refractivity contribution is -0.142. The SMILES string of the molecule is CCCCCCCCCCN1C(=O)C(=C/C=C/[C@@H]2C(=O)N(CCCCCCCCCC)C(=S)N(CCCCCCCCCC)[C@@H]2O)C(=O)N(CCCCCCCCCC)C1=S. The molecule has 350 valence electrons. The van der Waals surface area contributed by atoms with Crippen molar-refractivity contribution in [2.24, 2.45) is 5.92 Å². The molecule has 0 unspecified atom stereocenters. The number of thiocarbonyl (C=S) groups is 2. The normalized spacial score (nSPS) is 17.6. The van der Waals surface area contributed by atoms with E-state index in [9.17, 15) is 19.5 Å². The summed E-state index contributed by atoms with van der Waals surface area (Å²) in [5, 5.41) is 12.4. The predicted molar refractivity (Wildman–Crippen MR) is 264 cm³/mol. The first-order chi connectivity index (χ1) is 29.7. The summed E-state index contributed by atoms with van der Waals surface area (Å²) in [5.41, 5.74) is 0.0591. The van der Waals surface area contributed by atoms with E-state index in [1.165, 1.54) is 128 Å². The second kappa shape index (κ2) is 35.2. The van der Waals surface area contributed by atoms with Crippen molar-refractivity contribution in [2.75, 3.05) is 26.2 Å². The van der Waals surface area contributed by atoms with Crippen LogP contribution in [-0.4, -0.2) is 85.1 Å². The molecule has 2 fully saturated rings. The van der Waals surface area contributed by atoms with Crippen LogP contribution in [0.3, 0.4) is 0 Å². The lowest BCUT2D eigenvalue weighted by Gasteiger charge is -2.44. The summed E-state index contributed by atoms with van der Waals surface area (Å²) in [6.45, 7) is 11.0. The van der Waals surface area contributed by atoms with Crippen LogP contribution in [0.4, 0.5) is 0 Å². The Kier molecular flexibility index (Phi) is 31.7. The van der Waals surface area contributed by atoms with Gasteiger partial charge in [0.05, 0.1) is 0 Å². The van der Waals surface area contributed by atoms with Gasteiger partial charge in [0.1, 0.15) is 17.7 Å². The van der Waals surface area contributed by atoms with Crippen LogP contribution >= 0.6 is 24.4 Å². The van der Waals surface area contributed by atoms with Gasteiger partial charge in [-0.25, -0.2) is 0 Å². The molecule has 1 N–H and O–H groups in total. The summed E-state index contributed by atoms with van der Waals surface area (Å²) in [6.07, 6.45) is 40.7. The van der Waals surface area contributed by atoms with Crippen LogP contribution in [-0.2, 0) is 14.4 Å². The minimum atomic E-state index is -1.11. The number of carbonyl (C=O) groups excluding carboxylic acids is 3. The fraction of sp³-hybridized carbons (Fsp3) is 0.824. The number of aliphatic hydroxyl groups excluding tert-OH is 1. The second-order valence-electron chi connectivity index (χ2n) is 18.0. The topological polar surface area (TPSA) is 84.4 Å². The third-order valence-electron chi connectivity index (χ3n) is 12.6. The monoisotopic (exact) mass is 887 g/mol. The first kappa shape index (κ1) is 55.0. The van der Waals surface area contributed by atoms with Gasteiger partial charge in [0.15, 0.2) is 10.2 Å². The van der Waals surface area contributed by atoms with Gasteiger partial charge in [0.2, 0.25) is 5.91 Å². The third-order valence-corrected chi connectivity index (χ3v) is 13.5. The van der Waals surface area contributed by atoms with Crippen LogP contribution < -0.4 is 0 Å². The number of rotatable bonds is 38. The summed E-state index contributed by atoms with van der Waals surface area (Å²) >= 11 is 11.8. The van der Waals surface area contributed by atoms with Gasteiger partial charge >= 0.3 is 0 Å². The zero-order valence-electron chi connectivity index (χ0n) is 39.6. The van der Waals surface area contributed by atoms with Crippen molar-refractivity contribution in [3.8, 4) is 0 Å². The van der Waals surface area contributed by atoms with Crippen molar-refractivity contribution < 1.29 is 19.5 Å². The Morgan fingerprint density at radius 3 is 1.11 bits per heavy atom. The molecule has 8 nitrogen and oxygen atoms in total. The van der Waals surface area contributed by atoms with Crippen molar-refractivity contribution in [1.29, 1.82) is 0 Å². The largest absolute Gasteiger partial charge is 0.372 e. The molecular weight excluding hydrogens is 797 g/mol. The zero-order valence-corrected chi connectivity index (χ0v) is 41.3. The van der Waals surface area contributed by atoms with Crippen LogP contribution in [0.15, 0.2) is 23.8 Å². The molecule has 61 heavy (non-hydrogen) atoms. The van der Waals surface area contributed by atoms with Crippen LogP contribution in [0.25, 0.3) is 0 Å². The summed E-state index contributed by atoms with van der Waals surface area (Å²) in [4.78, 5) is 48.9. The molecule has 3 amide bonds. The molecule has 2 saturated heterocycles. The number of amides is 3. The smallest absolute Gasteiger partial charge is 0.265 e. The van der Waals surface area contributed by atoms with Crippen molar-refractivity contribution in [2.45, 2.75) is 239 Å². The van der Waals surface area contributed by atoms with Crippen molar-refractivity contribution in [3.05, 3.63) is 23.8 Å². The van der Waals surface area contributed by atoms with E-state index in [0.29, 0.717) is 36.4 Å². The summed E-state index contributed by atoms with van der Waals surface area (Å²) < 4.78 is 0. The van der Waals surface area contributed by atoms with E-state index in [2.05, 4.69) is 27.7 Å². The zero-order chi connectivity index (χ0) is 44.5. The van der Waals surface area contributed by atoms with Gasteiger partial charge in [-0.05, 0) is 56.2 Å². The number of hydrogen-bond acceptors (Lipinski definition) is 6. The summed E-state index contributed by atoms with van der Waals surface area (Å²) in [7, 11) is 0. The van der Waals surface area contributed by atoms with Gasteiger partial charge < -0.3 is 10.0 Å². The van der Waals surface area contributed by atoms with Gasteiger partial charge in [0.25, 0.3) is 11.8 Å². The average Bonchev–Trinajstić information content (AvgIpc) is 3.25. The van der Waals surface area contributed by atoms with E-state index in [1.807, 2.05) is 4.90 Å². The quantitative estimate of drug-likeness (QED) is 0.0286. The molecule has 2 rings (SSSR count). The molecule has 2 atom stereocenters. The lowest BCUT2D eigenvalue weighted by Crippen LogP contribution is -2.61. The molecule has 0 aromatic rings. The van der Waals surface area contributed by atoms with E-state index in [1.54, 1.807) is 32.9 Å². The number of carbonyl (C=O) groups is 3. The second-order valence-corrected chi connectivity index (χ2v) is 18.7. The van der Waals surface area contributed by atoms with Crippen LogP contribution in [0.2, 0.25) is 0 Å². The van der Waals surface area contributed by atoms with Gasteiger partial charge in [-0.15, -0.1) is 0 Å². The Labute approximate surface area is 385 Å². The molecule has 2 aliphatic rings. The van der Waals surface area contributed by atoms with Gasteiger partial charge in [-0.3, -0.25) is 29.1 Å². The average molecular weight is 887 g/mol. The van der Waals surface area contributed by atoms with Crippen molar-refractivity contribution in [1.82, 2.24) is 19.6 Å². The van der Waals surface area contributed by atoms with Gasteiger partial charge in [0, 0.05) is 26.2 Å². The highest BCUT2D eigenvalue weighted by Gasteiger charge is 2.42. The number of allylic oxidation sites excluding steroid dienone is 2. The molecular formula is C51H90N4O4S2. The molecule has 0 bridgehead atoms. The molecule has 2 heterocycles. The summed E-state index contributed by atoms with van der Waals surface area (Å²) in [5.74, 6) is -1.85. The number of aliphatic hydroxyl groups is 1. The summed E-state index contributed by atoms with van der Waals surface area (Å²) in [6, 6.07) is 0. The highest BCUT2D eigenvalue weighted by atomic mass is 32.1. The molecule has 0 aliphatic carbocycles. The van der Waals surface area contributed by atoms with Gasteiger partial charge in [-0.2, -0.15) is 0 Å². The number of nitrogens with zero attached hydrogens (tertiary/aromatic N) is 4. The highest BCUT2D eigenvalue weighted by molar-refractivity contribution is 7.80. The third kappa shape index (κ3) is 21.4. The van der Waals surface area contributed by atoms with Gasteiger partial charge in [-0.1, -0.05) is 220 Å². The Morgan fingerprint density at radius 2 is 0.754 bits per heavy atom. The van der Waals surface area contributed by atoms with Crippen LogP contribution in [0.5, 0.6) is 0 Å². The van der Waals surface area contributed by atoms with E-state index < -0.39 is 12.1 Å². The maximum atomic E-state index is 14.1. The van der Waals surface area contributed by atoms with E-state index >= 15 is 0 Å². The first-order valence-electron chi connectivity index (χ1n) is 25.6. The van der Waals surface area contributed by atoms with E-state index in [-0.39, 0.29) is 23.3 Å². The van der Waals surface area contributed by atoms with Crippen LogP contribution in [0, 0.1) is 5.92 Å². The Bertz CT molecular complexity index is 1260. The number of hydrogen-bond donors (Lipinski definition) is 1. The molecule has 10 heteroatoms. The molecule has 0 spiro atoms. The molecule has 0 aromatic heterocycles. The minimum Gasteiger partial charge on any atom is -0.372 e. The Hall–Kier alpha value is -2.17.